The van der Waals surface area contributed by atoms with Gasteiger partial charge in [-0.25, -0.2) is 17.9 Å². The van der Waals surface area contributed by atoms with Crippen molar-refractivity contribution in [2.24, 2.45) is 0 Å². The van der Waals surface area contributed by atoms with Crippen LogP contribution in [-0.2, 0) is 9.84 Å². The first kappa shape index (κ1) is 15.0. The molecule has 10 heteroatoms. The van der Waals surface area contributed by atoms with Gasteiger partial charge in [0.05, 0.1) is 23.0 Å². The Bertz CT molecular complexity index is 1160. The summed E-state index contributed by atoms with van der Waals surface area (Å²) >= 11 is 1.13. The molecule has 0 aliphatic carbocycles. The van der Waals surface area contributed by atoms with E-state index in [1.807, 2.05) is 6.92 Å². The fourth-order valence-corrected chi connectivity index (χ4v) is 4.43. The van der Waals surface area contributed by atoms with Gasteiger partial charge < -0.3 is 4.52 Å². The molecule has 0 N–H and O–H groups in total. The summed E-state index contributed by atoms with van der Waals surface area (Å²) in [6.07, 6.45) is 4.44. The van der Waals surface area contributed by atoms with Crippen molar-refractivity contribution in [2.45, 2.75) is 11.1 Å². The van der Waals surface area contributed by atoms with Crippen LogP contribution < -0.4 is 0 Å². The Morgan fingerprint density at radius 3 is 2.88 bits per heavy atom. The zero-order chi connectivity index (χ0) is 16.9. The van der Waals surface area contributed by atoms with Gasteiger partial charge in [0.25, 0.3) is 5.89 Å². The molecule has 122 valence electrons. The van der Waals surface area contributed by atoms with Gasteiger partial charge in [-0.05, 0) is 18.4 Å². The molecule has 0 aliphatic rings. The van der Waals surface area contributed by atoms with Gasteiger partial charge in [-0.3, -0.25) is 0 Å². The highest BCUT2D eigenvalue weighted by Gasteiger charge is 2.22. The van der Waals surface area contributed by atoms with E-state index >= 15 is 0 Å². The highest BCUT2D eigenvalue weighted by molar-refractivity contribution is 7.92. The molecule has 4 heterocycles. The lowest BCUT2D eigenvalue weighted by molar-refractivity contribution is 0.431. The first-order valence-electron chi connectivity index (χ1n) is 6.86. The number of thiophene rings is 1. The van der Waals surface area contributed by atoms with Crippen LogP contribution in [0.15, 0.2) is 38.6 Å². The minimum atomic E-state index is -3.35. The molecular weight excluding hydrogens is 350 g/mol. The molecule has 0 aromatic carbocycles. The predicted octanol–water partition coefficient (Wildman–Crippen LogP) is 2.22. The topological polar surface area (TPSA) is 103 Å². The number of sulfone groups is 1. The average molecular weight is 361 g/mol. The van der Waals surface area contributed by atoms with Crippen molar-refractivity contribution in [3.63, 3.8) is 0 Å². The van der Waals surface area contributed by atoms with E-state index in [0.717, 1.165) is 23.3 Å². The van der Waals surface area contributed by atoms with Crippen molar-refractivity contribution in [2.75, 3.05) is 6.26 Å². The van der Waals surface area contributed by atoms with Crippen LogP contribution >= 0.6 is 11.3 Å². The van der Waals surface area contributed by atoms with Gasteiger partial charge in [0, 0.05) is 18.5 Å². The molecule has 0 saturated heterocycles. The largest absolute Gasteiger partial charge is 0.333 e. The Kier molecular flexibility index (Phi) is 3.25. The minimum absolute atomic E-state index is 0.215. The van der Waals surface area contributed by atoms with Crippen LogP contribution in [0.4, 0.5) is 0 Å². The molecule has 0 bridgehead atoms. The fraction of sp³-hybridized carbons (Fsp3) is 0.143. The third-order valence-electron chi connectivity index (χ3n) is 3.52. The first-order valence-corrected chi connectivity index (χ1v) is 9.63. The van der Waals surface area contributed by atoms with E-state index in [1.54, 1.807) is 34.4 Å². The highest BCUT2D eigenvalue weighted by atomic mass is 32.2. The molecule has 4 aromatic rings. The van der Waals surface area contributed by atoms with Crippen LogP contribution in [0.2, 0.25) is 0 Å². The fourth-order valence-electron chi connectivity index (χ4n) is 2.39. The highest BCUT2D eigenvalue weighted by Crippen LogP contribution is 2.32. The van der Waals surface area contributed by atoms with Gasteiger partial charge in [-0.15, -0.1) is 11.3 Å². The summed E-state index contributed by atoms with van der Waals surface area (Å²) in [4.78, 5) is 8.62. The van der Waals surface area contributed by atoms with Gasteiger partial charge in [0.2, 0.25) is 5.82 Å². The lowest BCUT2D eigenvalue weighted by atomic mass is 10.2. The number of aryl methyl sites for hydroxylation is 1. The number of nitrogens with zero attached hydrogens (tertiary/aromatic N) is 5. The van der Waals surface area contributed by atoms with Crippen molar-refractivity contribution in [1.29, 1.82) is 0 Å². The SMILES string of the molecule is Cc1c(-c2nc(-c3ccsc3S(C)(=O)=O)no2)cnc2ccnn12. The first-order chi connectivity index (χ1) is 11.4. The predicted molar refractivity (Wildman–Crippen MR) is 87.4 cm³/mol. The smallest absolute Gasteiger partial charge is 0.261 e. The molecule has 24 heavy (non-hydrogen) atoms. The third-order valence-corrected chi connectivity index (χ3v) is 6.32. The van der Waals surface area contributed by atoms with Gasteiger partial charge in [-0.1, -0.05) is 5.16 Å². The molecule has 8 nitrogen and oxygen atoms in total. The van der Waals surface area contributed by atoms with Crippen LogP contribution in [0.25, 0.3) is 28.5 Å². The van der Waals surface area contributed by atoms with Crippen LogP contribution in [0.3, 0.4) is 0 Å². The number of aromatic nitrogens is 5. The number of fused-ring (bicyclic) bond motifs is 1. The number of hydrogen-bond donors (Lipinski definition) is 0. The Morgan fingerprint density at radius 2 is 2.08 bits per heavy atom. The molecule has 0 atom stereocenters. The molecule has 0 spiro atoms. The van der Waals surface area contributed by atoms with Crippen LogP contribution in [0.5, 0.6) is 0 Å². The molecule has 0 aliphatic heterocycles. The maximum atomic E-state index is 11.8. The van der Waals surface area contributed by atoms with Gasteiger partial charge >= 0.3 is 0 Å². The molecule has 0 unspecified atom stereocenters. The van der Waals surface area contributed by atoms with Crippen LogP contribution in [-0.4, -0.2) is 39.4 Å². The van der Waals surface area contributed by atoms with E-state index in [0.29, 0.717) is 16.8 Å². The molecule has 4 rings (SSSR count). The Hall–Kier alpha value is -2.59. The third kappa shape index (κ3) is 2.31. The lowest BCUT2D eigenvalue weighted by Crippen LogP contribution is -1.98. The van der Waals surface area contributed by atoms with Crippen molar-refractivity contribution in [1.82, 2.24) is 24.7 Å². The van der Waals surface area contributed by atoms with E-state index in [-0.39, 0.29) is 15.9 Å². The van der Waals surface area contributed by atoms with E-state index < -0.39 is 9.84 Å². The quantitative estimate of drug-likeness (QED) is 0.551. The normalized spacial score (nSPS) is 12.1. The zero-order valence-electron chi connectivity index (χ0n) is 12.7. The van der Waals surface area contributed by atoms with E-state index in [2.05, 4.69) is 20.2 Å². The van der Waals surface area contributed by atoms with Crippen LogP contribution in [0.1, 0.15) is 5.69 Å². The lowest BCUT2D eigenvalue weighted by Gasteiger charge is -2.02. The number of hydrogen-bond acceptors (Lipinski definition) is 8. The molecule has 0 radical (unpaired) electrons. The maximum Gasteiger partial charge on any atom is 0.261 e. The van der Waals surface area contributed by atoms with E-state index in [1.165, 1.54) is 0 Å². The summed E-state index contributed by atoms with van der Waals surface area (Å²) in [7, 11) is -3.35. The van der Waals surface area contributed by atoms with Gasteiger partial charge in [-0.2, -0.15) is 10.1 Å². The second kappa shape index (κ2) is 5.21. The summed E-state index contributed by atoms with van der Waals surface area (Å²) in [5, 5.41) is 9.80. The van der Waals surface area contributed by atoms with Crippen molar-refractivity contribution in [3.05, 3.63) is 35.6 Å². The Balaban J connectivity index is 1.83. The van der Waals surface area contributed by atoms with Crippen molar-refractivity contribution >= 4 is 26.8 Å². The summed E-state index contributed by atoms with van der Waals surface area (Å²) < 4.78 is 30.9. The van der Waals surface area contributed by atoms with Crippen molar-refractivity contribution in [3.8, 4) is 22.8 Å². The maximum absolute atomic E-state index is 11.8. The van der Waals surface area contributed by atoms with Crippen molar-refractivity contribution < 1.29 is 12.9 Å². The van der Waals surface area contributed by atoms with Gasteiger partial charge in [0.15, 0.2) is 15.5 Å². The molecule has 0 amide bonds. The molecule has 4 aromatic heterocycles. The zero-order valence-corrected chi connectivity index (χ0v) is 14.3. The average Bonchev–Trinajstić information content (AvgIpc) is 3.26. The molecular formula is C14H11N5O3S2. The second-order valence-corrected chi connectivity index (χ2v) is 8.30. The standard InChI is InChI=1S/C14H11N5O3S2/c1-8-10(7-15-11-3-5-16-19(8)11)13-17-12(18-22-13)9-4-6-23-14(9)24(2,20)21/h3-7H,1-2H3. The molecule has 0 saturated carbocycles. The summed E-state index contributed by atoms with van der Waals surface area (Å²) in [5.41, 5.74) is 2.59. The van der Waals surface area contributed by atoms with Gasteiger partial charge in [0.1, 0.15) is 4.21 Å². The number of rotatable bonds is 3. The Labute approximate surface area is 140 Å². The van der Waals surface area contributed by atoms with Crippen LogP contribution in [0, 0.1) is 6.92 Å². The molecule has 0 fully saturated rings. The monoisotopic (exact) mass is 361 g/mol. The summed E-state index contributed by atoms with van der Waals surface area (Å²) in [5.74, 6) is 0.490. The second-order valence-electron chi connectivity index (χ2n) is 5.18. The van der Waals surface area contributed by atoms with E-state index in [4.69, 9.17) is 4.52 Å². The van der Waals surface area contributed by atoms with E-state index in [9.17, 15) is 8.42 Å². The summed E-state index contributed by atoms with van der Waals surface area (Å²) in [6.45, 7) is 1.87. The summed E-state index contributed by atoms with van der Waals surface area (Å²) in [6, 6.07) is 3.46. The minimum Gasteiger partial charge on any atom is -0.333 e. The Morgan fingerprint density at radius 1 is 1.25 bits per heavy atom.